The molecule has 1 heterocycles. The molecule has 6 rings (SSSR count). The molecule has 39 heavy (non-hydrogen) atoms. The van der Waals surface area contributed by atoms with Gasteiger partial charge in [-0.3, -0.25) is 14.4 Å². The molecule has 3 atom stereocenters. The van der Waals surface area contributed by atoms with Gasteiger partial charge in [-0.25, -0.2) is 0 Å². The Labute approximate surface area is 228 Å². The predicted octanol–water partition coefficient (Wildman–Crippen LogP) is 6.20. The summed E-state index contributed by atoms with van der Waals surface area (Å²) in [6.07, 6.45) is 4.46. The highest BCUT2D eigenvalue weighted by Gasteiger charge is 2.51. The van der Waals surface area contributed by atoms with Crippen LogP contribution < -0.4 is 9.64 Å². The Morgan fingerprint density at radius 3 is 2.36 bits per heavy atom. The SMILES string of the molecule is O=C(O)CCC(=O)N(C1CC1)C1c2ccccc2N(C(=O)c2cccc(Oc3ccccc3)c2)C2CCCC21. The fraction of sp³-hybridized carbons (Fsp3) is 0.344. The van der Waals surface area contributed by atoms with Crippen LogP contribution in [0.15, 0.2) is 78.9 Å². The molecule has 2 saturated carbocycles. The highest BCUT2D eigenvalue weighted by molar-refractivity contribution is 6.07. The van der Waals surface area contributed by atoms with Gasteiger partial charge in [0.15, 0.2) is 0 Å². The number of carboxylic acids is 1. The molecule has 0 spiro atoms. The lowest BCUT2D eigenvalue weighted by Gasteiger charge is -2.48. The lowest BCUT2D eigenvalue weighted by Crippen LogP contribution is -2.52. The van der Waals surface area contributed by atoms with Crippen molar-refractivity contribution in [2.75, 3.05) is 4.90 Å². The smallest absolute Gasteiger partial charge is 0.303 e. The maximum absolute atomic E-state index is 14.2. The lowest BCUT2D eigenvalue weighted by atomic mass is 9.81. The first-order valence-corrected chi connectivity index (χ1v) is 13.8. The zero-order valence-electron chi connectivity index (χ0n) is 21.7. The van der Waals surface area contributed by atoms with Gasteiger partial charge in [0, 0.05) is 35.7 Å². The number of rotatable bonds is 8. The van der Waals surface area contributed by atoms with Crippen LogP contribution in [-0.4, -0.2) is 39.9 Å². The van der Waals surface area contributed by atoms with Crippen LogP contribution in [0.1, 0.15) is 66.9 Å². The Morgan fingerprint density at radius 2 is 1.59 bits per heavy atom. The van der Waals surface area contributed by atoms with Crippen molar-refractivity contribution >= 4 is 23.5 Å². The van der Waals surface area contributed by atoms with Crippen LogP contribution in [0.5, 0.6) is 11.5 Å². The highest BCUT2D eigenvalue weighted by atomic mass is 16.5. The van der Waals surface area contributed by atoms with Gasteiger partial charge in [0.1, 0.15) is 11.5 Å². The molecule has 0 radical (unpaired) electrons. The molecule has 3 aliphatic rings. The van der Waals surface area contributed by atoms with Gasteiger partial charge in [-0.2, -0.15) is 0 Å². The minimum Gasteiger partial charge on any atom is -0.481 e. The Balaban J connectivity index is 1.35. The van der Waals surface area contributed by atoms with Gasteiger partial charge in [-0.05, 0) is 67.6 Å². The summed E-state index contributed by atoms with van der Waals surface area (Å²) in [4.78, 5) is 42.7. The maximum Gasteiger partial charge on any atom is 0.303 e. The standard InChI is InChI=1S/C32H32N2O5/c35-29(18-19-30(36)37)33(22-16-17-22)31-25-12-4-5-14-27(25)34(28-15-7-13-26(28)31)32(38)21-8-6-11-24(20-21)39-23-9-2-1-3-10-23/h1-6,8-12,14,20,22,26,28,31H,7,13,15-19H2,(H,36,37). The van der Waals surface area contributed by atoms with Gasteiger partial charge < -0.3 is 19.6 Å². The minimum absolute atomic E-state index is 0.00125. The molecule has 1 aliphatic heterocycles. The van der Waals surface area contributed by atoms with Gasteiger partial charge in [-0.1, -0.05) is 48.9 Å². The Morgan fingerprint density at radius 1 is 0.846 bits per heavy atom. The summed E-state index contributed by atoms with van der Waals surface area (Å²) in [6.45, 7) is 0. The highest BCUT2D eigenvalue weighted by Crippen LogP contribution is 2.53. The van der Waals surface area contributed by atoms with Gasteiger partial charge in [0.05, 0.1) is 12.5 Å². The van der Waals surface area contributed by atoms with Crippen molar-refractivity contribution in [1.82, 2.24) is 4.90 Å². The topological polar surface area (TPSA) is 87.2 Å². The van der Waals surface area contributed by atoms with Crippen LogP contribution in [0, 0.1) is 5.92 Å². The van der Waals surface area contributed by atoms with Crippen LogP contribution in [0.4, 0.5) is 5.69 Å². The summed E-state index contributed by atoms with van der Waals surface area (Å²) in [6, 6.07) is 24.7. The van der Waals surface area contributed by atoms with Crippen molar-refractivity contribution in [3.8, 4) is 11.5 Å². The third-order valence-corrected chi connectivity index (χ3v) is 8.14. The second-order valence-electron chi connectivity index (χ2n) is 10.7. The molecule has 7 heteroatoms. The second kappa shape index (κ2) is 10.6. The average molecular weight is 525 g/mol. The monoisotopic (exact) mass is 524 g/mol. The van der Waals surface area contributed by atoms with Crippen molar-refractivity contribution in [2.45, 2.75) is 63.1 Å². The number of hydrogen-bond donors (Lipinski definition) is 1. The number of carbonyl (C=O) groups is 3. The summed E-state index contributed by atoms with van der Waals surface area (Å²) in [5, 5.41) is 9.20. The van der Waals surface area contributed by atoms with E-state index in [0.717, 1.165) is 43.4 Å². The number of benzene rings is 3. The molecule has 3 unspecified atom stereocenters. The first-order valence-electron chi connectivity index (χ1n) is 13.8. The van der Waals surface area contributed by atoms with Crippen molar-refractivity contribution in [3.63, 3.8) is 0 Å². The van der Waals surface area contributed by atoms with E-state index in [9.17, 15) is 19.5 Å². The van der Waals surface area contributed by atoms with Crippen LogP contribution in [-0.2, 0) is 9.59 Å². The van der Waals surface area contributed by atoms with Gasteiger partial charge in [-0.15, -0.1) is 0 Å². The van der Waals surface area contributed by atoms with Crippen LogP contribution >= 0.6 is 0 Å². The van der Waals surface area contributed by atoms with E-state index in [2.05, 4.69) is 0 Å². The molecule has 3 aromatic rings. The number of hydrogen-bond acceptors (Lipinski definition) is 4. The maximum atomic E-state index is 14.2. The van der Waals surface area contributed by atoms with E-state index in [4.69, 9.17) is 4.74 Å². The van der Waals surface area contributed by atoms with Crippen molar-refractivity contribution in [1.29, 1.82) is 0 Å². The van der Waals surface area contributed by atoms with E-state index in [1.54, 1.807) is 6.07 Å². The minimum atomic E-state index is -0.961. The number of carboxylic acid groups (broad SMARTS) is 1. The van der Waals surface area contributed by atoms with Crippen LogP contribution in [0.25, 0.3) is 0 Å². The van der Waals surface area contributed by atoms with Crippen LogP contribution in [0.2, 0.25) is 0 Å². The predicted molar refractivity (Wildman–Crippen MR) is 147 cm³/mol. The Bertz CT molecular complexity index is 1390. The quantitative estimate of drug-likeness (QED) is 0.379. The number of para-hydroxylation sites is 2. The lowest BCUT2D eigenvalue weighted by molar-refractivity contribution is -0.142. The largest absolute Gasteiger partial charge is 0.481 e. The van der Waals surface area contributed by atoms with E-state index in [1.807, 2.05) is 82.6 Å². The zero-order valence-corrected chi connectivity index (χ0v) is 21.7. The molecule has 2 fully saturated rings. The number of fused-ring (bicyclic) bond motifs is 2. The molecule has 0 saturated heterocycles. The normalized spacial score (nSPS) is 21.5. The first-order chi connectivity index (χ1) is 19.0. The molecule has 1 N–H and O–H groups in total. The van der Waals surface area contributed by atoms with Gasteiger partial charge >= 0.3 is 5.97 Å². The molecular weight excluding hydrogens is 492 g/mol. The average Bonchev–Trinajstić information content (AvgIpc) is 3.67. The molecular formula is C32H32N2O5. The fourth-order valence-electron chi connectivity index (χ4n) is 6.38. The number of aliphatic carboxylic acids is 1. The summed E-state index contributed by atoms with van der Waals surface area (Å²) < 4.78 is 6.00. The van der Waals surface area contributed by atoms with Crippen molar-refractivity contribution in [2.24, 2.45) is 5.92 Å². The number of anilines is 1. The third-order valence-electron chi connectivity index (χ3n) is 8.14. The molecule has 2 aliphatic carbocycles. The summed E-state index contributed by atoms with van der Waals surface area (Å²) in [5.41, 5.74) is 2.36. The van der Waals surface area contributed by atoms with E-state index in [0.29, 0.717) is 17.1 Å². The molecule has 2 amide bonds. The second-order valence-corrected chi connectivity index (χ2v) is 10.7. The number of ether oxygens (including phenoxy) is 1. The third kappa shape index (κ3) is 5.01. The first kappa shape index (κ1) is 25.2. The summed E-state index contributed by atoms with van der Waals surface area (Å²) in [5.74, 6) is 0.264. The summed E-state index contributed by atoms with van der Waals surface area (Å²) >= 11 is 0. The van der Waals surface area contributed by atoms with E-state index < -0.39 is 5.97 Å². The van der Waals surface area contributed by atoms with Crippen molar-refractivity contribution in [3.05, 3.63) is 90.0 Å². The number of amides is 2. The van der Waals surface area contributed by atoms with E-state index in [-0.39, 0.29) is 48.7 Å². The molecule has 7 nitrogen and oxygen atoms in total. The Kier molecular flexibility index (Phi) is 6.81. The zero-order chi connectivity index (χ0) is 26.9. The fourth-order valence-corrected chi connectivity index (χ4v) is 6.38. The van der Waals surface area contributed by atoms with Crippen LogP contribution in [0.3, 0.4) is 0 Å². The molecule has 3 aromatic carbocycles. The van der Waals surface area contributed by atoms with Gasteiger partial charge in [0.25, 0.3) is 5.91 Å². The van der Waals surface area contributed by atoms with Crippen molar-refractivity contribution < 1.29 is 24.2 Å². The molecule has 200 valence electrons. The molecule has 0 aromatic heterocycles. The van der Waals surface area contributed by atoms with E-state index in [1.165, 1.54) is 0 Å². The number of carbonyl (C=O) groups excluding carboxylic acids is 2. The molecule has 0 bridgehead atoms. The number of nitrogens with zero attached hydrogens (tertiary/aromatic N) is 2. The van der Waals surface area contributed by atoms with Gasteiger partial charge in [0.2, 0.25) is 5.91 Å². The Hall–Kier alpha value is -4.13. The van der Waals surface area contributed by atoms with E-state index >= 15 is 0 Å². The summed E-state index contributed by atoms with van der Waals surface area (Å²) in [7, 11) is 0.